The molecule has 0 atom stereocenters. The van der Waals surface area contributed by atoms with Gasteiger partial charge >= 0.3 is 0 Å². The van der Waals surface area contributed by atoms with Crippen molar-refractivity contribution in [1.82, 2.24) is 4.90 Å². The van der Waals surface area contributed by atoms with Crippen LogP contribution < -0.4 is 11.5 Å². The van der Waals surface area contributed by atoms with E-state index in [1.807, 2.05) is 14.1 Å². The highest BCUT2D eigenvalue weighted by atomic mass is 15.2. The van der Waals surface area contributed by atoms with Crippen molar-refractivity contribution in [2.24, 2.45) is 16.5 Å². The molecule has 4 heteroatoms. The minimum absolute atomic E-state index is 0.0358. The maximum Gasteiger partial charge on any atom is 0.192 e. The molecule has 0 radical (unpaired) electrons. The van der Waals surface area contributed by atoms with Gasteiger partial charge in [-0.1, -0.05) is 6.58 Å². The van der Waals surface area contributed by atoms with Crippen molar-refractivity contribution in [3.63, 3.8) is 0 Å². The maximum absolute atomic E-state index is 5.07. The van der Waals surface area contributed by atoms with E-state index in [0.29, 0.717) is 5.82 Å². The molecule has 4 N–H and O–H groups in total. The second kappa shape index (κ2) is 2.96. The van der Waals surface area contributed by atoms with Crippen LogP contribution in [-0.4, -0.2) is 25.0 Å². The van der Waals surface area contributed by atoms with Crippen LogP contribution in [0.5, 0.6) is 0 Å². The summed E-state index contributed by atoms with van der Waals surface area (Å²) in [4.78, 5) is 5.40. The van der Waals surface area contributed by atoms with Gasteiger partial charge in [-0.2, -0.15) is 4.99 Å². The Labute approximate surface area is 54.8 Å². The third kappa shape index (κ3) is 3.40. The van der Waals surface area contributed by atoms with Crippen LogP contribution in [-0.2, 0) is 0 Å². The van der Waals surface area contributed by atoms with Crippen LogP contribution in [0.1, 0.15) is 0 Å². The van der Waals surface area contributed by atoms with E-state index in [4.69, 9.17) is 11.5 Å². The zero-order valence-corrected chi connectivity index (χ0v) is 5.76. The first kappa shape index (κ1) is 7.81. The molecule has 0 aromatic rings. The summed E-state index contributed by atoms with van der Waals surface area (Å²) in [6.07, 6.45) is 0. The van der Waals surface area contributed by atoms with E-state index in [9.17, 15) is 0 Å². The van der Waals surface area contributed by atoms with Crippen LogP contribution in [0.2, 0.25) is 0 Å². The molecule has 0 rings (SSSR count). The summed E-state index contributed by atoms with van der Waals surface area (Å²) in [7, 11) is 3.63. The van der Waals surface area contributed by atoms with Crippen molar-refractivity contribution in [3.8, 4) is 0 Å². The Bertz CT molecular complexity index is 132. The van der Waals surface area contributed by atoms with Crippen molar-refractivity contribution >= 4 is 5.96 Å². The minimum atomic E-state index is 0.0358. The molecule has 0 spiro atoms. The molecule has 0 aromatic carbocycles. The van der Waals surface area contributed by atoms with Gasteiger partial charge in [0, 0.05) is 14.1 Å². The largest absolute Gasteiger partial charge is 0.370 e. The third-order valence-corrected chi connectivity index (χ3v) is 0.774. The summed E-state index contributed by atoms with van der Waals surface area (Å²) in [5.74, 6) is 0.587. The van der Waals surface area contributed by atoms with E-state index < -0.39 is 0 Å². The SMILES string of the molecule is C=C(N=C(N)N)N(C)C. The Kier molecular flexibility index (Phi) is 2.57. The normalized spacial score (nSPS) is 8.22. The second-order valence-electron chi connectivity index (χ2n) is 1.85. The Morgan fingerprint density at radius 1 is 1.44 bits per heavy atom. The molecule has 0 fully saturated rings. The monoisotopic (exact) mass is 128 g/mol. The van der Waals surface area contributed by atoms with Gasteiger partial charge in [0.05, 0.1) is 0 Å². The first-order valence-electron chi connectivity index (χ1n) is 2.50. The number of guanidine groups is 1. The predicted octanol–water partition coefficient (Wildman–Crippen LogP) is -0.707. The first-order chi connectivity index (χ1) is 4.04. The Hall–Kier alpha value is -1.19. The van der Waals surface area contributed by atoms with Crippen molar-refractivity contribution < 1.29 is 0 Å². The van der Waals surface area contributed by atoms with Gasteiger partial charge in [0.15, 0.2) is 5.96 Å². The lowest BCUT2D eigenvalue weighted by Crippen LogP contribution is -2.24. The highest BCUT2D eigenvalue weighted by Gasteiger charge is 1.90. The molecule has 0 amide bonds. The van der Waals surface area contributed by atoms with Gasteiger partial charge in [0.1, 0.15) is 5.82 Å². The Morgan fingerprint density at radius 2 is 1.89 bits per heavy atom. The first-order valence-corrected chi connectivity index (χ1v) is 2.50. The quantitative estimate of drug-likeness (QED) is 0.381. The summed E-state index contributed by atoms with van der Waals surface area (Å²) in [5, 5.41) is 0. The molecule has 0 heterocycles. The molecule has 0 unspecified atom stereocenters. The standard InChI is InChI=1S/C5H12N4/c1-4(9(2)3)8-5(6)7/h1H2,2-3H3,(H4,6,7,8). The summed E-state index contributed by atoms with van der Waals surface area (Å²) < 4.78 is 0. The van der Waals surface area contributed by atoms with Crippen molar-refractivity contribution in [3.05, 3.63) is 12.4 Å². The highest BCUT2D eigenvalue weighted by Crippen LogP contribution is 1.92. The topological polar surface area (TPSA) is 67.6 Å². The molecule has 0 aromatic heterocycles. The van der Waals surface area contributed by atoms with Crippen molar-refractivity contribution in [2.75, 3.05) is 14.1 Å². The predicted molar refractivity (Wildman–Crippen MR) is 38.6 cm³/mol. The van der Waals surface area contributed by atoms with Crippen LogP contribution in [0.3, 0.4) is 0 Å². The Balaban J connectivity index is 3.93. The number of rotatable bonds is 2. The lowest BCUT2D eigenvalue weighted by Gasteiger charge is -2.09. The van der Waals surface area contributed by atoms with Crippen LogP contribution in [0, 0.1) is 0 Å². The van der Waals surface area contributed by atoms with Gasteiger partial charge in [-0.15, -0.1) is 0 Å². The molecule has 52 valence electrons. The number of hydrogen-bond donors (Lipinski definition) is 2. The molecule has 9 heavy (non-hydrogen) atoms. The van der Waals surface area contributed by atoms with Crippen molar-refractivity contribution in [2.45, 2.75) is 0 Å². The molecule has 0 aliphatic rings. The zero-order valence-electron chi connectivity index (χ0n) is 5.76. The molecule has 0 bridgehead atoms. The van der Waals surface area contributed by atoms with Crippen LogP contribution in [0.25, 0.3) is 0 Å². The highest BCUT2D eigenvalue weighted by molar-refractivity contribution is 5.76. The number of nitrogens with two attached hydrogens (primary N) is 2. The second-order valence-corrected chi connectivity index (χ2v) is 1.85. The van der Waals surface area contributed by atoms with E-state index in [1.165, 1.54) is 0 Å². The Morgan fingerprint density at radius 3 is 2.00 bits per heavy atom. The molecule has 0 aliphatic heterocycles. The minimum Gasteiger partial charge on any atom is -0.370 e. The fourth-order valence-electron chi connectivity index (χ4n) is 0.249. The van der Waals surface area contributed by atoms with Gasteiger partial charge in [-0.05, 0) is 0 Å². The van der Waals surface area contributed by atoms with Crippen molar-refractivity contribution in [1.29, 1.82) is 0 Å². The van der Waals surface area contributed by atoms with Gasteiger partial charge in [0.25, 0.3) is 0 Å². The molecular weight excluding hydrogens is 116 g/mol. The van der Waals surface area contributed by atoms with Crippen LogP contribution in [0.15, 0.2) is 17.4 Å². The van der Waals surface area contributed by atoms with E-state index in [1.54, 1.807) is 4.90 Å². The average molecular weight is 128 g/mol. The van der Waals surface area contributed by atoms with E-state index in [2.05, 4.69) is 11.6 Å². The van der Waals surface area contributed by atoms with Crippen LogP contribution in [0.4, 0.5) is 0 Å². The summed E-state index contributed by atoms with van der Waals surface area (Å²) >= 11 is 0. The number of nitrogens with zero attached hydrogens (tertiary/aromatic N) is 2. The van der Waals surface area contributed by atoms with E-state index >= 15 is 0 Å². The van der Waals surface area contributed by atoms with Gasteiger partial charge in [-0.25, -0.2) is 0 Å². The molecular formula is C5H12N4. The van der Waals surface area contributed by atoms with Crippen LogP contribution >= 0.6 is 0 Å². The molecule has 4 nitrogen and oxygen atoms in total. The smallest absolute Gasteiger partial charge is 0.192 e. The zero-order chi connectivity index (χ0) is 7.44. The fraction of sp³-hybridized carbons (Fsp3) is 0.400. The average Bonchev–Trinajstić information content (AvgIpc) is 1.63. The van der Waals surface area contributed by atoms with Gasteiger partial charge in [-0.3, -0.25) is 0 Å². The fourth-order valence-corrected chi connectivity index (χ4v) is 0.249. The summed E-state index contributed by atoms with van der Waals surface area (Å²) in [6, 6.07) is 0. The summed E-state index contributed by atoms with van der Waals surface area (Å²) in [6.45, 7) is 3.57. The molecule has 0 aliphatic carbocycles. The lowest BCUT2D eigenvalue weighted by molar-refractivity contribution is 0.509. The van der Waals surface area contributed by atoms with E-state index in [-0.39, 0.29) is 5.96 Å². The maximum atomic E-state index is 5.07. The summed E-state index contributed by atoms with van der Waals surface area (Å²) in [5.41, 5.74) is 10.1. The third-order valence-electron chi connectivity index (χ3n) is 0.774. The van der Waals surface area contributed by atoms with Gasteiger partial charge in [0.2, 0.25) is 0 Å². The van der Waals surface area contributed by atoms with E-state index in [0.717, 1.165) is 0 Å². The molecule has 0 saturated carbocycles. The number of hydrogen-bond acceptors (Lipinski definition) is 2. The van der Waals surface area contributed by atoms with Gasteiger partial charge < -0.3 is 16.4 Å². The molecule has 0 saturated heterocycles. The number of aliphatic imine (C=N–C) groups is 1. The lowest BCUT2D eigenvalue weighted by atomic mass is 10.7.